The number of hydrogen-bond acceptors (Lipinski definition) is 6. The van der Waals surface area contributed by atoms with Gasteiger partial charge in [0.05, 0.1) is 36.4 Å². The topological polar surface area (TPSA) is 75.2 Å². The van der Waals surface area contributed by atoms with Crippen molar-refractivity contribution in [3.63, 3.8) is 0 Å². The smallest absolute Gasteiger partial charge is 0.417 e. The molecular formula is C28H29F9N4O4. The van der Waals surface area contributed by atoms with Crippen molar-refractivity contribution in [1.29, 1.82) is 0 Å². The molecule has 0 saturated carbocycles. The Morgan fingerprint density at radius 2 is 1.51 bits per heavy atom. The number of nitrogens with zero attached hydrogens (tertiary/aromatic N) is 4. The molecule has 0 radical (unpaired) electrons. The van der Waals surface area contributed by atoms with E-state index in [0.29, 0.717) is 44.3 Å². The molecule has 2 saturated heterocycles. The highest BCUT2D eigenvalue weighted by Gasteiger charge is 2.44. The number of benzene rings is 1. The molecule has 2 fully saturated rings. The first-order valence-corrected chi connectivity index (χ1v) is 13.8. The van der Waals surface area contributed by atoms with E-state index < -0.39 is 71.7 Å². The highest BCUT2D eigenvalue weighted by Crippen LogP contribution is 2.42. The molecule has 0 spiro atoms. The largest absolute Gasteiger partial charge is 0.453 e. The second-order valence-electron chi connectivity index (χ2n) is 10.7. The molecule has 2 aliphatic rings. The van der Waals surface area contributed by atoms with E-state index in [1.54, 1.807) is 11.8 Å². The lowest BCUT2D eigenvalue weighted by atomic mass is 9.97. The van der Waals surface area contributed by atoms with E-state index in [9.17, 15) is 49.1 Å². The van der Waals surface area contributed by atoms with Crippen LogP contribution < -0.4 is 4.90 Å². The number of amides is 2. The second-order valence-corrected chi connectivity index (χ2v) is 10.7. The minimum atomic E-state index is -5.14. The van der Waals surface area contributed by atoms with Gasteiger partial charge in [-0.25, -0.2) is 14.6 Å². The minimum absolute atomic E-state index is 0.0573. The van der Waals surface area contributed by atoms with Crippen LogP contribution in [0.5, 0.6) is 0 Å². The molecule has 2 aliphatic heterocycles. The van der Waals surface area contributed by atoms with Crippen molar-refractivity contribution in [1.82, 2.24) is 14.8 Å². The maximum atomic E-state index is 13.7. The number of hydrogen-bond donors (Lipinski definition) is 0. The summed E-state index contributed by atoms with van der Waals surface area (Å²) < 4.78 is 132. The van der Waals surface area contributed by atoms with Crippen LogP contribution in [-0.2, 0) is 34.5 Å². The number of likely N-dealkylation sites (tertiary alicyclic amines) is 1. The molecule has 0 bridgehead atoms. The molecule has 1 aromatic carbocycles. The summed E-state index contributed by atoms with van der Waals surface area (Å²) >= 11 is 0. The van der Waals surface area contributed by atoms with Gasteiger partial charge in [-0.05, 0) is 56.5 Å². The van der Waals surface area contributed by atoms with Crippen molar-refractivity contribution in [3.8, 4) is 0 Å². The highest BCUT2D eigenvalue weighted by atomic mass is 19.4. The lowest BCUT2D eigenvalue weighted by Crippen LogP contribution is -2.47. The monoisotopic (exact) mass is 656 g/mol. The fourth-order valence-electron chi connectivity index (χ4n) is 5.59. The van der Waals surface area contributed by atoms with Gasteiger partial charge in [0.15, 0.2) is 0 Å². The number of piperidine rings is 1. The van der Waals surface area contributed by atoms with Gasteiger partial charge < -0.3 is 19.3 Å². The van der Waals surface area contributed by atoms with Crippen LogP contribution in [-0.4, -0.2) is 65.8 Å². The number of methoxy groups -OCH3 is 1. The molecule has 17 heteroatoms. The summed E-state index contributed by atoms with van der Waals surface area (Å²) in [7, 11) is 1.24. The minimum Gasteiger partial charge on any atom is -0.453 e. The van der Waals surface area contributed by atoms with Gasteiger partial charge in [0, 0.05) is 37.4 Å². The van der Waals surface area contributed by atoms with Crippen LogP contribution in [0, 0.1) is 0 Å². The molecule has 1 aromatic heterocycles. The standard InChI is InChI=1S/C28H29F9N4O4/c1-4-40(21-5-7-39(8-6-21)24(42)44-3)23-17(11-20(13-38-23)28(35,36)37)14-41-15(2)22(45-25(41)43)16-9-18(26(29,30)31)12-19(10-16)27(32,33)34/h9-13,15,21-22H,4-8,14H2,1-3H3. The van der Waals surface area contributed by atoms with E-state index in [2.05, 4.69) is 4.98 Å². The molecule has 2 atom stereocenters. The number of alkyl halides is 9. The molecule has 2 unspecified atom stereocenters. The van der Waals surface area contributed by atoms with Crippen LogP contribution in [0.2, 0.25) is 0 Å². The Bertz CT molecular complexity index is 1370. The third kappa shape index (κ3) is 7.32. The average Bonchev–Trinajstić information content (AvgIpc) is 3.25. The fourth-order valence-corrected chi connectivity index (χ4v) is 5.59. The maximum absolute atomic E-state index is 13.7. The number of rotatable bonds is 6. The van der Waals surface area contributed by atoms with E-state index in [1.807, 2.05) is 0 Å². The van der Waals surface area contributed by atoms with Crippen LogP contribution in [0.4, 0.5) is 54.9 Å². The van der Waals surface area contributed by atoms with Crippen molar-refractivity contribution in [3.05, 3.63) is 58.3 Å². The summed E-state index contributed by atoms with van der Waals surface area (Å²) in [6.07, 6.45) is -16.9. The van der Waals surface area contributed by atoms with Gasteiger partial charge >= 0.3 is 30.7 Å². The molecule has 8 nitrogen and oxygen atoms in total. The molecule has 3 heterocycles. The zero-order valence-corrected chi connectivity index (χ0v) is 24.2. The fraction of sp³-hybridized carbons (Fsp3) is 0.536. The predicted molar refractivity (Wildman–Crippen MR) is 140 cm³/mol. The van der Waals surface area contributed by atoms with Crippen molar-refractivity contribution in [2.75, 3.05) is 31.6 Å². The van der Waals surface area contributed by atoms with Crippen LogP contribution in [0.3, 0.4) is 0 Å². The van der Waals surface area contributed by atoms with Gasteiger partial charge in [-0.3, -0.25) is 4.90 Å². The summed E-state index contributed by atoms with van der Waals surface area (Å²) in [4.78, 5) is 33.1. The first-order valence-electron chi connectivity index (χ1n) is 13.8. The second kappa shape index (κ2) is 12.5. The molecule has 2 amide bonds. The Morgan fingerprint density at radius 3 is 2.00 bits per heavy atom. The van der Waals surface area contributed by atoms with Crippen LogP contribution in [0.25, 0.3) is 0 Å². The number of carbonyl (C=O) groups is 2. The number of cyclic esters (lactones) is 1. The first-order chi connectivity index (χ1) is 20.8. The summed E-state index contributed by atoms with van der Waals surface area (Å²) in [5, 5.41) is 0. The van der Waals surface area contributed by atoms with Crippen LogP contribution in [0.1, 0.15) is 60.6 Å². The van der Waals surface area contributed by atoms with E-state index >= 15 is 0 Å². The molecule has 0 N–H and O–H groups in total. The SMILES string of the molecule is CCN(c1ncc(C(F)(F)F)cc1CN1C(=O)OC(c2cc(C(F)(F)F)cc(C(F)(F)F)c2)C1C)C1CCN(C(=O)OC)CC1. The molecule has 0 aliphatic carbocycles. The number of pyridine rings is 1. The number of carbonyl (C=O) groups excluding carboxylic acids is 2. The van der Waals surface area contributed by atoms with E-state index in [1.165, 1.54) is 18.9 Å². The summed E-state index contributed by atoms with van der Waals surface area (Å²) in [6.45, 7) is 3.40. The predicted octanol–water partition coefficient (Wildman–Crippen LogP) is 7.28. The lowest BCUT2D eigenvalue weighted by molar-refractivity contribution is -0.143. The van der Waals surface area contributed by atoms with Gasteiger partial charge in [-0.1, -0.05) is 0 Å². The molecule has 248 valence electrons. The zero-order chi connectivity index (χ0) is 33.5. The highest BCUT2D eigenvalue weighted by molar-refractivity contribution is 5.71. The summed E-state index contributed by atoms with van der Waals surface area (Å²) in [5.74, 6) is 0.101. The van der Waals surface area contributed by atoms with Crippen molar-refractivity contribution in [2.24, 2.45) is 0 Å². The van der Waals surface area contributed by atoms with Gasteiger partial charge in [-0.15, -0.1) is 0 Å². The number of ether oxygens (including phenoxy) is 2. The molecule has 45 heavy (non-hydrogen) atoms. The third-order valence-corrected chi connectivity index (χ3v) is 7.89. The normalized spacial score (nSPS) is 20.0. The van der Waals surface area contributed by atoms with Gasteiger partial charge in [0.25, 0.3) is 0 Å². The number of halogens is 9. The van der Waals surface area contributed by atoms with Gasteiger partial charge in [-0.2, -0.15) is 39.5 Å². The van der Waals surface area contributed by atoms with Crippen molar-refractivity contribution in [2.45, 2.75) is 70.0 Å². The van der Waals surface area contributed by atoms with Crippen LogP contribution >= 0.6 is 0 Å². The Hall–Kier alpha value is -3.92. The number of anilines is 1. The van der Waals surface area contributed by atoms with Gasteiger partial charge in [0.2, 0.25) is 0 Å². The lowest BCUT2D eigenvalue weighted by Gasteiger charge is -2.39. The maximum Gasteiger partial charge on any atom is 0.417 e. The van der Waals surface area contributed by atoms with Crippen LogP contribution in [0.15, 0.2) is 30.5 Å². The molecule has 2 aromatic rings. The quantitative estimate of drug-likeness (QED) is 0.305. The Labute approximate surface area is 251 Å². The van der Waals surface area contributed by atoms with Gasteiger partial charge in [0.1, 0.15) is 11.9 Å². The molecule has 4 rings (SSSR count). The Balaban J connectivity index is 1.68. The first kappa shape index (κ1) is 34.0. The average molecular weight is 657 g/mol. The van der Waals surface area contributed by atoms with E-state index in [4.69, 9.17) is 9.47 Å². The van der Waals surface area contributed by atoms with E-state index in [0.717, 1.165) is 11.0 Å². The van der Waals surface area contributed by atoms with Crippen molar-refractivity contribution < 1.29 is 58.6 Å². The summed E-state index contributed by atoms with van der Waals surface area (Å²) in [6, 6.07) is 0.198. The molecular weight excluding hydrogens is 627 g/mol. The Kier molecular flexibility index (Phi) is 9.41. The summed E-state index contributed by atoms with van der Waals surface area (Å²) in [5.41, 5.74) is -4.96. The Morgan fingerprint density at radius 1 is 0.956 bits per heavy atom. The van der Waals surface area contributed by atoms with E-state index in [-0.39, 0.29) is 30.0 Å². The van der Waals surface area contributed by atoms with Crippen molar-refractivity contribution >= 4 is 18.0 Å². The zero-order valence-electron chi connectivity index (χ0n) is 24.2. The number of aromatic nitrogens is 1. The third-order valence-electron chi connectivity index (χ3n) is 7.89.